The molecule has 0 radical (unpaired) electrons. The van der Waals surface area contributed by atoms with Gasteiger partial charge in [0.05, 0.1) is 13.2 Å². The molecule has 1 fully saturated rings. The van der Waals surface area contributed by atoms with Crippen molar-refractivity contribution in [3.63, 3.8) is 0 Å². The lowest BCUT2D eigenvalue weighted by Crippen LogP contribution is -2.24. The van der Waals surface area contributed by atoms with Gasteiger partial charge in [-0.1, -0.05) is 6.07 Å². The summed E-state index contributed by atoms with van der Waals surface area (Å²) in [6.07, 6.45) is 2.54. The van der Waals surface area contributed by atoms with E-state index in [0.717, 1.165) is 18.0 Å². The number of ether oxygens (including phenoxy) is 1. The number of nitrogens with two attached hydrogens (primary N) is 1. The summed E-state index contributed by atoms with van der Waals surface area (Å²) in [6, 6.07) is 11.0. The Kier molecular flexibility index (Phi) is 3.83. The summed E-state index contributed by atoms with van der Waals surface area (Å²) in [5, 5.41) is 2.13. The topological polar surface area (TPSA) is 38.5 Å². The van der Waals surface area contributed by atoms with E-state index in [1.165, 1.54) is 23.4 Å². The third-order valence-corrected chi connectivity index (χ3v) is 4.31. The lowest BCUT2D eigenvalue weighted by Gasteiger charge is -2.25. The molecular weight excluding hydrogens is 268 g/mol. The zero-order chi connectivity index (χ0) is 13.9. The highest BCUT2D eigenvalue weighted by Crippen LogP contribution is 2.36. The zero-order valence-corrected chi connectivity index (χ0v) is 12.5. The van der Waals surface area contributed by atoms with Gasteiger partial charge in [0.1, 0.15) is 5.75 Å². The average Bonchev–Trinajstić information content (AvgIpc) is 3.12. The van der Waals surface area contributed by atoms with Crippen LogP contribution < -0.4 is 15.4 Å². The molecule has 4 heteroatoms. The van der Waals surface area contributed by atoms with Crippen molar-refractivity contribution in [1.29, 1.82) is 0 Å². The maximum absolute atomic E-state index is 6.02. The minimum absolute atomic E-state index is 0.647. The first-order valence-electron chi connectivity index (χ1n) is 7.08. The van der Waals surface area contributed by atoms with Crippen molar-refractivity contribution in [2.24, 2.45) is 0 Å². The normalized spacial score (nSPS) is 14.2. The van der Waals surface area contributed by atoms with Crippen molar-refractivity contribution in [3.05, 3.63) is 40.6 Å². The van der Waals surface area contributed by atoms with E-state index < -0.39 is 0 Å². The van der Waals surface area contributed by atoms with Crippen LogP contribution in [-0.2, 0) is 6.54 Å². The number of hydrogen-bond acceptors (Lipinski definition) is 4. The molecule has 3 rings (SSSR count). The van der Waals surface area contributed by atoms with Crippen LogP contribution in [0.2, 0.25) is 0 Å². The number of benzene rings is 1. The van der Waals surface area contributed by atoms with Gasteiger partial charge in [0.2, 0.25) is 0 Å². The molecule has 2 aromatic rings. The van der Waals surface area contributed by atoms with Crippen molar-refractivity contribution >= 4 is 22.7 Å². The van der Waals surface area contributed by atoms with E-state index in [2.05, 4.69) is 34.5 Å². The lowest BCUT2D eigenvalue weighted by molar-refractivity contribution is 0.340. The zero-order valence-electron chi connectivity index (χ0n) is 11.7. The van der Waals surface area contributed by atoms with E-state index in [1.54, 1.807) is 11.3 Å². The Labute approximate surface area is 124 Å². The molecule has 106 valence electrons. The number of thiophene rings is 1. The standard InChI is InChI=1S/C16H20N2OS/c1-2-19-15-9-12(17)8-14(10-15)18(13-5-6-13)11-16-4-3-7-20-16/h3-4,7-10,13H,2,5-6,11,17H2,1H3. The van der Waals surface area contributed by atoms with Crippen LogP contribution in [0.1, 0.15) is 24.6 Å². The summed E-state index contributed by atoms with van der Waals surface area (Å²) in [6.45, 7) is 3.61. The predicted octanol–water partition coefficient (Wildman–Crippen LogP) is 3.90. The van der Waals surface area contributed by atoms with Crippen LogP contribution in [0, 0.1) is 0 Å². The van der Waals surface area contributed by atoms with Gasteiger partial charge in [-0.3, -0.25) is 0 Å². The maximum atomic E-state index is 6.02. The summed E-state index contributed by atoms with van der Waals surface area (Å²) < 4.78 is 5.61. The Morgan fingerprint density at radius 2 is 2.20 bits per heavy atom. The molecule has 1 saturated carbocycles. The van der Waals surface area contributed by atoms with Gasteiger partial charge in [-0.25, -0.2) is 0 Å². The number of nitrogen functional groups attached to an aromatic ring is 1. The van der Waals surface area contributed by atoms with Gasteiger partial charge in [-0.05, 0) is 37.3 Å². The van der Waals surface area contributed by atoms with Gasteiger partial charge in [0.15, 0.2) is 0 Å². The minimum Gasteiger partial charge on any atom is -0.494 e. The first-order valence-corrected chi connectivity index (χ1v) is 7.96. The smallest absolute Gasteiger partial charge is 0.123 e. The average molecular weight is 288 g/mol. The molecule has 20 heavy (non-hydrogen) atoms. The summed E-state index contributed by atoms with van der Waals surface area (Å²) >= 11 is 1.81. The molecule has 2 N–H and O–H groups in total. The third kappa shape index (κ3) is 3.07. The Bertz CT molecular complexity index is 564. The second-order valence-electron chi connectivity index (χ2n) is 5.13. The molecule has 1 aliphatic rings. The quantitative estimate of drug-likeness (QED) is 0.819. The molecule has 1 aromatic carbocycles. The fourth-order valence-electron chi connectivity index (χ4n) is 2.41. The molecule has 0 amide bonds. The molecule has 0 spiro atoms. The van der Waals surface area contributed by atoms with Crippen molar-refractivity contribution in [3.8, 4) is 5.75 Å². The van der Waals surface area contributed by atoms with Gasteiger partial charge >= 0.3 is 0 Å². The third-order valence-electron chi connectivity index (χ3n) is 3.45. The van der Waals surface area contributed by atoms with Crippen LogP contribution in [0.4, 0.5) is 11.4 Å². The fourth-order valence-corrected chi connectivity index (χ4v) is 3.11. The molecule has 0 unspecified atom stereocenters. The van der Waals surface area contributed by atoms with E-state index in [0.29, 0.717) is 12.6 Å². The highest BCUT2D eigenvalue weighted by molar-refractivity contribution is 7.09. The molecule has 1 heterocycles. The first kappa shape index (κ1) is 13.3. The van der Waals surface area contributed by atoms with E-state index in [4.69, 9.17) is 10.5 Å². The van der Waals surface area contributed by atoms with Crippen LogP contribution >= 0.6 is 11.3 Å². The van der Waals surface area contributed by atoms with Crippen molar-refractivity contribution in [1.82, 2.24) is 0 Å². The molecule has 1 aromatic heterocycles. The van der Waals surface area contributed by atoms with Gasteiger partial charge in [-0.2, -0.15) is 0 Å². The highest BCUT2D eigenvalue weighted by atomic mass is 32.1. The summed E-state index contributed by atoms with van der Waals surface area (Å²) in [7, 11) is 0. The maximum Gasteiger partial charge on any atom is 0.123 e. The van der Waals surface area contributed by atoms with Crippen molar-refractivity contribution in [2.45, 2.75) is 32.4 Å². The predicted molar refractivity (Wildman–Crippen MR) is 85.5 cm³/mol. The van der Waals surface area contributed by atoms with E-state index in [-0.39, 0.29) is 0 Å². The van der Waals surface area contributed by atoms with Crippen LogP contribution in [0.25, 0.3) is 0 Å². The minimum atomic E-state index is 0.647. The summed E-state index contributed by atoms with van der Waals surface area (Å²) in [5.74, 6) is 0.860. The first-order chi connectivity index (χ1) is 9.76. The summed E-state index contributed by atoms with van der Waals surface area (Å²) in [4.78, 5) is 3.84. The number of nitrogens with zero attached hydrogens (tertiary/aromatic N) is 1. The lowest BCUT2D eigenvalue weighted by atomic mass is 10.2. The fraction of sp³-hybridized carbons (Fsp3) is 0.375. The van der Waals surface area contributed by atoms with Crippen LogP contribution in [0.5, 0.6) is 5.75 Å². The van der Waals surface area contributed by atoms with E-state index >= 15 is 0 Å². The number of hydrogen-bond donors (Lipinski definition) is 1. The molecule has 0 saturated heterocycles. The van der Waals surface area contributed by atoms with Crippen molar-refractivity contribution in [2.75, 3.05) is 17.2 Å². The molecule has 0 atom stereocenters. The largest absolute Gasteiger partial charge is 0.494 e. The summed E-state index contributed by atoms with van der Waals surface area (Å²) in [5.41, 5.74) is 7.95. The monoisotopic (exact) mass is 288 g/mol. The molecule has 0 bridgehead atoms. The van der Waals surface area contributed by atoms with Crippen LogP contribution in [0.3, 0.4) is 0 Å². The Balaban J connectivity index is 1.86. The number of rotatable bonds is 6. The SMILES string of the molecule is CCOc1cc(N)cc(N(Cc2cccs2)C2CC2)c1. The second kappa shape index (κ2) is 5.75. The van der Waals surface area contributed by atoms with Gasteiger partial charge < -0.3 is 15.4 Å². The Hall–Kier alpha value is -1.68. The molecule has 0 aliphatic heterocycles. The molecule has 3 nitrogen and oxygen atoms in total. The molecular formula is C16H20N2OS. The van der Waals surface area contributed by atoms with Gasteiger partial charge in [0.25, 0.3) is 0 Å². The second-order valence-corrected chi connectivity index (χ2v) is 6.16. The van der Waals surface area contributed by atoms with Gasteiger partial charge in [-0.15, -0.1) is 11.3 Å². The highest BCUT2D eigenvalue weighted by Gasteiger charge is 2.29. The van der Waals surface area contributed by atoms with Crippen LogP contribution in [0.15, 0.2) is 35.7 Å². The number of anilines is 2. The van der Waals surface area contributed by atoms with E-state index in [9.17, 15) is 0 Å². The molecule has 1 aliphatic carbocycles. The van der Waals surface area contributed by atoms with Crippen molar-refractivity contribution < 1.29 is 4.74 Å². The van der Waals surface area contributed by atoms with Gasteiger partial charge in [0, 0.05) is 34.4 Å². The Morgan fingerprint density at radius 1 is 1.35 bits per heavy atom. The van der Waals surface area contributed by atoms with Crippen LogP contribution in [-0.4, -0.2) is 12.6 Å². The van der Waals surface area contributed by atoms with E-state index in [1.807, 2.05) is 13.0 Å². The Morgan fingerprint density at radius 3 is 2.85 bits per heavy atom.